The van der Waals surface area contributed by atoms with Crippen molar-refractivity contribution in [1.82, 2.24) is 0 Å². The second-order valence-electron chi connectivity index (χ2n) is 4.88. The molecular formula is C16H12N2O4. The van der Waals surface area contributed by atoms with E-state index in [1.54, 1.807) is 12.1 Å². The van der Waals surface area contributed by atoms with Gasteiger partial charge in [-0.25, -0.2) is 0 Å². The third kappa shape index (κ3) is 2.54. The van der Waals surface area contributed by atoms with Crippen LogP contribution in [0.5, 0.6) is 0 Å². The lowest BCUT2D eigenvalue weighted by Gasteiger charge is -2.03. The van der Waals surface area contributed by atoms with E-state index < -0.39 is 10.8 Å². The molecule has 0 aliphatic heterocycles. The van der Waals surface area contributed by atoms with Crippen LogP contribution in [0.25, 0.3) is 11.0 Å². The zero-order chi connectivity index (χ0) is 15.7. The summed E-state index contributed by atoms with van der Waals surface area (Å²) in [5, 5.41) is 14.3. The van der Waals surface area contributed by atoms with Crippen LogP contribution in [0.3, 0.4) is 0 Å². The van der Waals surface area contributed by atoms with Crippen molar-refractivity contribution >= 4 is 28.3 Å². The van der Waals surface area contributed by atoms with Crippen molar-refractivity contribution in [2.45, 2.75) is 6.92 Å². The highest BCUT2D eigenvalue weighted by Gasteiger charge is 2.18. The minimum atomic E-state index is -0.544. The molecular weight excluding hydrogens is 284 g/mol. The number of carbonyl (C=O) groups excluding carboxylic acids is 1. The van der Waals surface area contributed by atoms with Crippen LogP contribution in [0.15, 0.2) is 52.9 Å². The monoisotopic (exact) mass is 296 g/mol. The highest BCUT2D eigenvalue weighted by Crippen LogP contribution is 2.25. The fourth-order valence-electron chi connectivity index (χ4n) is 2.17. The molecule has 22 heavy (non-hydrogen) atoms. The van der Waals surface area contributed by atoms with Gasteiger partial charge in [0, 0.05) is 11.5 Å². The van der Waals surface area contributed by atoms with Gasteiger partial charge in [0.25, 0.3) is 11.6 Å². The van der Waals surface area contributed by atoms with Gasteiger partial charge in [-0.15, -0.1) is 0 Å². The maximum atomic E-state index is 12.2. The molecule has 2 aromatic carbocycles. The third-order valence-corrected chi connectivity index (χ3v) is 3.25. The SMILES string of the molecule is Cc1ccc2cc(C(=O)Nc3ccccc3[N+](=O)[O-])oc2c1. The van der Waals surface area contributed by atoms with Crippen LogP contribution < -0.4 is 5.32 Å². The zero-order valence-electron chi connectivity index (χ0n) is 11.7. The van der Waals surface area contributed by atoms with Crippen molar-refractivity contribution in [2.24, 2.45) is 0 Å². The van der Waals surface area contributed by atoms with E-state index >= 15 is 0 Å². The Kier molecular flexibility index (Phi) is 3.34. The minimum absolute atomic E-state index is 0.110. The molecule has 0 aliphatic rings. The number of hydrogen-bond donors (Lipinski definition) is 1. The van der Waals surface area contributed by atoms with Crippen molar-refractivity contribution in [1.29, 1.82) is 0 Å². The van der Waals surface area contributed by atoms with Gasteiger partial charge in [0.1, 0.15) is 11.3 Å². The van der Waals surface area contributed by atoms with Crippen LogP contribution in [-0.4, -0.2) is 10.8 Å². The molecule has 3 rings (SSSR count). The van der Waals surface area contributed by atoms with Crippen LogP contribution in [0.2, 0.25) is 0 Å². The first-order chi connectivity index (χ1) is 10.5. The molecule has 0 spiro atoms. The quantitative estimate of drug-likeness (QED) is 0.586. The standard InChI is InChI=1S/C16H12N2O4/c1-10-6-7-11-9-15(22-14(11)8-10)16(19)17-12-4-2-3-5-13(12)18(20)21/h2-9H,1H3,(H,17,19). The average Bonchev–Trinajstić information content (AvgIpc) is 2.90. The lowest BCUT2D eigenvalue weighted by Crippen LogP contribution is -2.12. The molecule has 1 aromatic heterocycles. The second-order valence-corrected chi connectivity index (χ2v) is 4.88. The summed E-state index contributed by atoms with van der Waals surface area (Å²) in [6.07, 6.45) is 0. The van der Waals surface area contributed by atoms with E-state index in [-0.39, 0.29) is 17.1 Å². The van der Waals surface area contributed by atoms with Crippen LogP contribution in [-0.2, 0) is 0 Å². The van der Waals surface area contributed by atoms with E-state index in [4.69, 9.17) is 4.42 Å². The fourth-order valence-corrected chi connectivity index (χ4v) is 2.17. The maximum Gasteiger partial charge on any atom is 0.292 e. The number of aryl methyl sites for hydroxylation is 1. The molecule has 6 nitrogen and oxygen atoms in total. The first-order valence-electron chi connectivity index (χ1n) is 6.59. The molecule has 0 atom stereocenters. The van der Waals surface area contributed by atoms with Crippen LogP contribution in [0, 0.1) is 17.0 Å². The Balaban J connectivity index is 1.92. The summed E-state index contributed by atoms with van der Waals surface area (Å²) < 4.78 is 5.50. The number of nitro groups is 1. The number of amides is 1. The molecule has 3 aromatic rings. The number of benzene rings is 2. The molecule has 1 heterocycles. The first kappa shape index (κ1) is 13.8. The van der Waals surface area contributed by atoms with Gasteiger partial charge >= 0.3 is 0 Å². The number of nitrogens with one attached hydrogen (secondary N) is 1. The van der Waals surface area contributed by atoms with Gasteiger partial charge in [-0.2, -0.15) is 0 Å². The van der Waals surface area contributed by atoms with Gasteiger partial charge in [-0.3, -0.25) is 14.9 Å². The fraction of sp³-hybridized carbons (Fsp3) is 0.0625. The molecule has 0 radical (unpaired) electrons. The number of hydrogen-bond acceptors (Lipinski definition) is 4. The van der Waals surface area contributed by atoms with Crippen molar-refractivity contribution in [3.8, 4) is 0 Å². The topological polar surface area (TPSA) is 85.4 Å². The van der Waals surface area contributed by atoms with Crippen molar-refractivity contribution < 1.29 is 14.1 Å². The predicted octanol–water partition coefficient (Wildman–Crippen LogP) is 3.90. The number of carbonyl (C=O) groups is 1. The first-order valence-corrected chi connectivity index (χ1v) is 6.59. The van der Waals surface area contributed by atoms with Gasteiger partial charge in [0.05, 0.1) is 4.92 Å². The maximum absolute atomic E-state index is 12.2. The average molecular weight is 296 g/mol. The molecule has 0 saturated carbocycles. The molecule has 0 aliphatic carbocycles. The van der Waals surface area contributed by atoms with E-state index in [1.807, 2.05) is 25.1 Å². The number of furan rings is 1. The number of para-hydroxylation sites is 2. The van der Waals surface area contributed by atoms with Crippen molar-refractivity contribution in [3.63, 3.8) is 0 Å². The Labute approximate surface area is 125 Å². The van der Waals surface area contributed by atoms with E-state index in [0.29, 0.717) is 5.58 Å². The molecule has 0 fully saturated rings. The van der Waals surface area contributed by atoms with Crippen LogP contribution >= 0.6 is 0 Å². The number of rotatable bonds is 3. The predicted molar refractivity (Wildman–Crippen MR) is 82.0 cm³/mol. The van der Waals surface area contributed by atoms with Crippen LogP contribution in [0.4, 0.5) is 11.4 Å². The summed E-state index contributed by atoms with van der Waals surface area (Å²) in [6, 6.07) is 13.2. The van der Waals surface area contributed by atoms with Crippen molar-refractivity contribution in [3.05, 3.63) is 70.0 Å². The molecule has 1 N–H and O–H groups in total. The van der Waals surface area contributed by atoms with E-state index in [0.717, 1.165) is 10.9 Å². The molecule has 1 amide bonds. The molecule has 110 valence electrons. The highest BCUT2D eigenvalue weighted by molar-refractivity contribution is 6.05. The molecule has 6 heteroatoms. The summed E-state index contributed by atoms with van der Waals surface area (Å²) in [6.45, 7) is 1.93. The Bertz CT molecular complexity index is 883. The Hall–Kier alpha value is -3.15. The number of fused-ring (bicyclic) bond motifs is 1. The summed E-state index contributed by atoms with van der Waals surface area (Å²) in [5.74, 6) is -0.415. The summed E-state index contributed by atoms with van der Waals surface area (Å²) in [4.78, 5) is 22.6. The molecule has 0 saturated heterocycles. The number of anilines is 1. The van der Waals surface area contributed by atoms with E-state index in [1.165, 1.54) is 18.2 Å². The van der Waals surface area contributed by atoms with E-state index in [2.05, 4.69) is 5.32 Å². The summed E-state index contributed by atoms with van der Waals surface area (Å²) in [5.41, 5.74) is 1.59. The zero-order valence-corrected chi connectivity index (χ0v) is 11.7. The Morgan fingerprint density at radius 1 is 1.18 bits per heavy atom. The summed E-state index contributed by atoms with van der Waals surface area (Å²) in [7, 11) is 0. The lowest BCUT2D eigenvalue weighted by molar-refractivity contribution is -0.383. The van der Waals surface area contributed by atoms with Gasteiger partial charge in [0.2, 0.25) is 0 Å². The van der Waals surface area contributed by atoms with E-state index in [9.17, 15) is 14.9 Å². The lowest BCUT2D eigenvalue weighted by atomic mass is 10.2. The largest absolute Gasteiger partial charge is 0.451 e. The number of nitro benzene ring substituents is 1. The smallest absolute Gasteiger partial charge is 0.292 e. The second kappa shape index (κ2) is 5.33. The third-order valence-electron chi connectivity index (χ3n) is 3.25. The summed E-state index contributed by atoms with van der Waals surface area (Å²) >= 11 is 0. The number of nitrogens with zero attached hydrogens (tertiary/aromatic N) is 1. The highest BCUT2D eigenvalue weighted by atomic mass is 16.6. The van der Waals surface area contributed by atoms with Gasteiger partial charge in [-0.05, 0) is 30.7 Å². The molecule has 0 unspecified atom stereocenters. The molecule has 0 bridgehead atoms. The Morgan fingerprint density at radius 3 is 2.73 bits per heavy atom. The van der Waals surface area contributed by atoms with Crippen molar-refractivity contribution in [2.75, 3.05) is 5.32 Å². The normalized spacial score (nSPS) is 10.6. The minimum Gasteiger partial charge on any atom is -0.451 e. The van der Waals surface area contributed by atoms with Gasteiger partial charge in [-0.1, -0.05) is 24.3 Å². The van der Waals surface area contributed by atoms with Crippen LogP contribution in [0.1, 0.15) is 16.1 Å². The Morgan fingerprint density at radius 2 is 1.95 bits per heavy atom. The van der Waals surface area contributed by atoms with Gasteiger partial charge in [0.15, 0.2) is 5.76 Å². The van der Waals surface area contributed by atoms with Gasteiger partial charge < -0.3 is 9.73 Å².